The molecule has 116 valence electrons. The fourth-order valence-electron chi connectivity index (χ4n) is 2.61. The minimum atomic E-state index is -0.427. The van der Waals surface area contributed by atoms with Gasteiger partial charge in [0.05, 0.1) is 17.1 Å². The van der Waals surface area contributed by atoms with Gasteiger partial charge in [0.15, 0.2) is 5.75 Å². The van der Waals surface area contributed by atoms with Crippen molar-refractivity contribution in [1.82, 2.24) is 0 Å². The highest BCUT2D eigenvalue weighted by Crippen LogP contribution is 2.34. The molecule has 0 aliphatic carbocycles. The number of benzene rings is 1. The number of ether oxygens (including phenoxy) is 1. The van der Waals surface area contributed by atoms with E-state index in [1.54, 1.807) is 19.1 Å². The Morgan fingerprint density at radius 3 is 2.67 bits per heavy atom. The normalized spacial score (nSPS) is 19.9. The third-order valence-corrected chi connectivity index (χ3v) is 3.77. The molecule has 0 saturated carbocycles. The topological polar surface area (TPSA) is 75.8 Å². The second kappa shape index (κ2) is 6.30. The largest absolute Gasteiger partial charge is 0.484 e. The lowest BCUT2D eigenvalue weighted by Crippen LogP contribution is -2.24. The van der Waals surface area contributed by atoms with Gasteiger partial charge < -0.3 is 14.7 Å². The molecule has 1 fully saturated rings. The second-order valence-corrected chi connectivity index (χ2v) is 5.81. The maximum atomic E-state index is 11.1. The number of aliphatic hydroxyl groups excluding tert-OH is 1. The van der Waals surface area contributed by atoms with Crippen molar-refractivity contribution in [2.45, 2.75) is 39.4 Å². The molecule has 2 rings (SSSR count). The van der Waals surface area contributed by atoms with E-state index in [1.165, 1.54) is 6.07 Å². The Bertz CT molecular complexity index is 516. The Morgan fingerprint density at radius 2 is 2.14 bits per heavy atom. The van der Waals surface area contributed by atoms with Crippen LogP contribution in [0, 0.1) is 16.0 Å². The molecule has 0 amide bonds. The van der Waals surface area contributed by atoms with E-state index in [9.17, 15) is 15.2 Å². The highest BCUT2D eigenvalue weighted by Gasteiger charge is 2.27. The smallest absolute Gasteiger partial charge is 0.311 e. The van der Waals surface area contributed by atoms with Crippen molar-refractivity contribution in [2.24, 2.45) is 5.92 Å². The molecule has 1 heterocycles. The van der Waals surface area contributed by atoms with Crippen LogP contribution in [0.3, 0.4) is 0 Å². The van der Waals surface area contributed by atoms with Crippen molar-refractivity contribution in [1.29, 1.82) is 0 Å². The van der Waals surface area contributed by atoms with Crippen LogP contribution in [0.2, 0.25) is 0 Å². The number of rotatable bonds is 5. The predicted molar refractivity (Wildman–Crippen MR) is 80.9 cm³/mol. The molecule has 0 bridgehead atoms. The maximum absolute atomic E-state index is 11.1. The van der Waals surface area contributed by atoms with E-state index < -0.39 is 4.92 Å². The zero-order chi connectivity index (χ0) is 15.6. The standard InChI is InChI=1S/C15H22N2O4/c1-10(2)21-15-8-13(4-5-14(15)17(19)20)16-7-6-12(9-16)11(3)18/h4-5,8,10-12,18H,6-7,9H2,1-3H3. The number of hydrogen-bond acceptors (Lipinski definition) is 5. The SMILES string of the molecule is CC(C)Oc1cc(N2CCC(C(C)O)C2)ccc1[N+](=O)[O-]. The summed E-state index contributed by atoms with van der Waals surface area (Å²) in [6, 6.07) is 4.96. The van der Waals surface area contributed by atoms with Gasteiger partial charge in [0.2, 0.25) is 0 Å². The van der Waals surface area contributed by atoms with Crippen LogP contribution in [-0.4, -0.2) is 35.3 Å². The van der Waals surface area contributed by atoms with Crippen LogP contribution in [0.4, 0.5) is 11.4 Å². The van der Waals surface area contributed by atoms with E-state index in [2.05, 4.69) is 4.90 Å². The Labute approximate surface area is 124 Å². The van der Waals surface area contributed by atoms with Crippen molar-refractivity contribution >= 4 is 11.4 Å². The van der Waals surface area contributed by atoms with Gasteiger partial charge in [-0.05, 0) is 33.3 Å². The molecular weight excluding hydrogens is 272 g/mol. The van der Waals surface area contributed by atoms with Gasteiger partial charge in [0, 0.05) is 36.8 Å². The van der Waals surface area contributed by atoms with Crippen LogP contribution in [0.1, 0.15) is 27.2 Å². The minimum absolute atomic E-state index is 0.0151. The first-order valence-corrected chi connectivity index (χ1v) is 7.26. The average molecular weight is 294 g/mol. The number of nitro groups is 1. The zero-order valence-electron chi connectivity index (χ0n) is 12.7. The van der Waals surface area contributed by atoms with Crippen LogP contribution in [-0.2, 0) is 0 Å². The van der Waals surface area contributed by atoms with Gasteiger partial charge in [-0.1, -0.05) is 0 Å². The Hall–Kier alpha value is -1.82. The van der Waals surface area contributed by atoms with E-state index in [-0.39, 0.29) is 23.8 Å². The molecule has 1 aromatic carbocycles. The fourth-order valence-corrected chi connectivity index (χ4v) is 2.61. The minimum Gasteiger partial charge on any atom is -0.484 e. The molecule has 6 nitrogen and oxygen atoms in total. The molecule has 2 unspecified atom stereocenters. The van der Waals surface area contributed by atoms with Gasteiger partial charge in [-0.25, -0.2) is 0 Å². The van der Waals surface area contributed by atoms with Gasteiger partial charge in [-0.15, -0.1) is 0 Å². The second-order valence-electron chi connectivity index (χ2n) is 5.81. The van der Waals surface area contributed by atoms with Gasteiger partial charge >= 0.3 is 5.69 Å². The first-order chi connectivity index (χ1) is 9.88. The number of hydrogen-bond donors (Lipinski definition) is 1. The van der Waals surface area contributed by atoms with Crippen LogP contribution in [0.5, 0.6) is 5.75 Å². The summed E-state index contributed by atoms with van der Waals surface area (Å²) in [6.07, 6.45) is 0.469. The lowest BCUT2D eigenvalue weighted by Gasteiger charge is -2.21. The number of aliphatic hydroxyl groups is 1. The summed E-state index contributed by atoms with van der Waals surface area (Å²) < 4.78 is 5.56. The summed E-state index contributed by atoms with van der Waals surface area (Å²) in [4.78, 5) is 12.8. The first-order valence-electron chi connectivity index (χ1n) is 7.26. The molecule has 0 aromatic heterocycles. The monoisotopic (exact) mass is 294 g/mol. The Balaban J connectivity index is 2.23. The number of nitrogens with zero attached hydrogens (tertiary/aromatic N) is 2. The van der Waals surface area contributed by atoms with E-state index in [1.807, 2.05) is 13.8 Å². The van der Waals surface area contributed by atoms with E-state index in [0.717, 1.165) is 25.2 Å². The number of anilines is 1. The summed E-state index contributed by atoms with van der Waals surface area (Å²) in [5.41, 5.74) is 0.887. The Morgan fingerprint density at radius 1 is 1.43 bits per heavy atom. The third-order valence-electron chi connectivity index (χ3n) is 3.77. The van der Waals surface area contributed by atoms with Crippen molar-refractivity contribution < 1.29 is 14.8 Å². The highest BCUT2D eigenvalue weighted by molar-refractivity contribution is 5.59. The first kappa shape index (κ1) is 15.6. The van der Waals surface area contributed by atoms with Gasteiger partial charge in [-0.3, -0.25) is 10.1 Å². The van der Waals surface area contributed by atoms with E-state index >= 15 is 0 Å². The maximum Gasteiger partial charge on any atom is 0.311 e. The lowest BCUT2D eigenvalue weighted by molar-refractivity contribution is -0.386. The van der Waals surface area contributed by atoms with E-state index in [0.29, 0.717) is 5.75 Å². The summed E-state index contributed by atoms with van der Waals surface area (Å²) in [5, 5.41) is 20.7. The molecule has 1 N–H and O–H groups in total. The van der Waals surface area contributed by atoms with Gasteiger partial charge in [-0.2, -0.15) is 0 Å². The third kappa shape index (κ3) is 3.64. The van der Waals surface area contributed by atoms with Crippen molar-refractivity contribution in [3.63, 3.8) is 0 Å². The van der Waals surface area contributed by atoms with Gasteiger partial charge in [0.1, 0.15) is 0 Å². The van der Waals surface area contributed by atoms with Crippen LogP contribution in [0.25, 0.3) is 0 Å². The van der Waals surface area contributed by atoms with Crippen molar-refractivity contribution in [3.05, 3.63) is 28.3 Å². The van der Waals surface area contributed by atoms with Gasteiger partial charge in [0.25, 0.3) is 0 Å². The van der Waals surface area contributed by atoms with Crippen molar-refractivity contribution in [3.8, 4) is 5.75 Å². The molecule has 21 heavy (non-hydrogen) atoms. The average Bonchev–Trinajstić information content (AvgIpc) is 2.87. The van der Waals surface area contributed by atoms with Crippen LogP contribution in [0.15, 0.2) is 18.2 Å². The molecule has 0 radical (unpaired) electrons. The summed E-state index contributed by atoms with van der Waals surface area (Å²) in [6.45, 7) is 7.09. The quantitative estimate of drug-likeness (QED) is 0.667. The van der Waals surface area contributed by atoms with Crippen LogP contribution < -0.4 is 9.64 Å². The predicted octanol–water partition coefficient (Wildman–Crippen LogP) is 2.59. The fraction of sp³-hybridized carbons (Fsp3) is 0.600. The summed E-state index contributed by atoms with van der Waals surface area (Å²) >= 11 is 0. The van der Waals surface area contributed by atoms with Crippen LogP contribution >= 0.6 is 0 Å². The molecule has 1 aliphatic rings. The highest BCUT2D eigenvalue weighted by atomic mass is 16.6. The molecule has 2 atom stereocenters. The molecule has 6 heteroatoms. The zero-order valence-corrected chi connectivity index (χ0v) is 12.7. The molecule has 1 saturated heterocycles. The lowest BCUT2D eigenvalue weighted by atomic mass is 10.0. The Kier molecular flexibility index (Phi) is 4.67. The number of nitro benzene ring substituents is 1. The molecular formula is C15H22N2O4. The molecule has 1 aliphatic heterocycles. The summed E-state index contributed by atoms with van der Waals surface area (Å²) in [5.74, 6) is 0.544. The molecule has 0 spiro atoms. The molecule has 1 aromatic rings. The van der Waals surface area contributed by atoms with E-state index in [4.69, 9.17) is 4.74 Å². The van der Waals surface area contributed by atoms with Crippen molar-refractivity contribution in [2.75, 3.05) is 18.0 Å². The summed E-state index contributed by atoms with van der Waals surface area (Å²) in [7, 11) is 0.